The number of hydrogen-bond donors (Lipinski definition) is 0. The number of aromatic nitrogens is 3. The van der Waals surface area contributed by atoms with Crippen LogP contribution in [-0.4, -0.2) is 27.8 Å². The third-order valence-corrected chi connectivity index (χ3v) is 3.79. The maximum Gasteiger partial charge on any atom is 0.359 e. The summed E-state index contributed by atoms with van der Waals surface area (Å²) in [7, 11) is 1.34. The second kappa shape index (κ2) is 5.60. The second-order valence-electron chi connectivity index (χ2n) is 5.86. The largest absolute Gasteiger partial charge is 0.464 e. The SMILES string of the molecule is COC(=O)c1nn(-c2cc(C)ccn2)c(C(C)(C)C)c1Br. The highest BCUT2D eigenvalue weighted by Crippen LogP contribution is 2.34. The van der Waals surface area contributed by atoms with Gasteiger partial charge in [-0.05, 0) is 40.5 Å². The molecule has 0 fully saturated rings. The van der Waals surface area contributed by atoms with Crippen LogP contribution < -0.4 is 0 Å². The molecule has 0 saturated heterocycles. The number of halogens is 1. The molecule has 2 heterocycles. The average Bonchev–Trinajstić information content (AvgIpc) is 2.75. The van der Waals surface area contributed by atoms with Gasteiger partial charge in [0.2, 0.25) is 0 Å². The maximum absolute atomic E-state index is 11.9. The third-order valence-electron chi connectivity index (χ3n) is 3.03. The van der Waals surface area contributed by atoms with E-state index in [-0.39, 0.29) is 11.1 Å². The van der Waals surface area contributed by atoms with Crippen molar-refractivity contribution in [1.29, 1.82) is 0 Å². The minimum absolute atomic E-state index is 0.219. The van der Waals surface area contributed by atoms with Crippen molar-refractivity contribution >= 4 is 21.9 Å². The maximum atomic E-state index is 11.9. The molecule has 0 aliphatic rings. The first kappa shape index (κ1) is 15.7. The van der Waals surface area contributed by atoms with Gasteiger partial charge in [-0.3, -0.25) is 0 Å². The van der Waals surface area contributed by atoms with E-state index in [1.165, 1.54) is 7.11 Å². The molecule has 0 atom stereocenters. The van der Waals surface area contributed by atoms with Gasteiger partial charge in [0, 0.05) is 11.6 Å². The molecular weight excluding hydrogens is 334 g/mol. The van der Waals surface area contributed by atoms with Gasteiger partial charge in [0.25, 0.3) is 0 Å². The van der Waals surface area contributed by atoms with Gasteiger partial charge in [0.1, 0.15) is 0 Å². The van der Waals surface area contributed by atoms with E-state index in [2.05, 4.69) is 46.8 Å². The zero-order valence-electron chi connectivity index (χ0n) is 12.8. The Balaban J connectivity index is 2.73. The van der Waals surface area contributed by atoms with Gasteiger partial charge in [0.05, 0.1) is 17.3 Å². The lowest BCUT2D eigenvalue weighted by Gasteiger charge is -2.20. The topological polar surface area (TPSA) is 57.0 Å². The molecule has 21 heavy (non-hydrogen) atoms. The standard InChI is InChI=1S/C15H18BrN3O2/c1-9-6-7-17-10(8-9)19-13(15(2,3)4)11(16)12(18-19)14(20)21-5/h6-8H,1-5H3. The molecule has 0 amide bonds. The number of methoxy groups -OCH3 is 1. The van der Waals surface area contributed by atoms with E-state index in [4.69, 9.17) is 4.74 Å². The Bertz CT molecular complexity index is 687. The Morgan fingerprint density at radius 3 is 2.57 bits per heavy atom. The van der Waals surface area contributed by atoms with Gasteiger partial charge >= 0.3 is 5.97 Å². The van der Waals surface area contributed by atoms with E-state index in [0.717, 1.165) is 11.3 Å². The molecule has 0 unspecified atom stereocenters. The second-order valence-corrected chi connectivity index (χ2v) is 6.65. The highest BCUT2D eigenvalue weighted by Gasteiger charge is 2.30. The molecule has 0 saturated carbocycles. The molecule has 6 heteroatoms. The summed E-state index contributed by atoms with van der Waals surface area (Å²) in [6, 6.07) is 3.84. The fraction of sp³-hybridized carbons (Fsp3) is 0.400. The smallest absolute Gasteiger partial charge is 0.359 e. The lowest BCUT2D eigenvalue weighted by Crippen LogP contribution is -2.18. The molecule has 0 aliphatic heterocycles. The average molecular weight is 352 g/mol. The van der Waals surface area contributed by atoms with Crippen LogP contribution in [0.2, 0.25) is 0 Å². The van der Waals surface area contributed by atoms with E-state index in [1.54, 1.807) is 10.9 Å². The fourth-order valence-electron chi connectivity index (χ4n) is 2.07. The number of ether oxygens (including phenoxy) is 1. The van der Waals surface area contributed by atoms with Gasteiger partial charge in [-0.1, -0.05) is 20.8 Å². The van der Waals surface area contributed by atoms with E-state index >= 15 is 0 Å². The number of carbonyl (C=O) groups excluding carboxylic acids is 1. The summed E-state index contributed by atoms with van der Waals surface area (Å²) in [5.74, 6) is 0.203. The van der Waals surface area contributed by atoms with Crippen molar-refractivity contribution in [3.8, 4) is 5.82 Å². The third kappa shape index (κ3) is 3.00. The van der Waals surface area contributed by atoms with Gasteiger partial charge < -0.3 is 4.74 Å². The Hall–Kier alpha value is -1.69. The number of rotatable bonds is 2. The number of aryl methyl sites for hydroxylation is 1. The van der Waals surface area contributed by atoms with Crippen molar-refractivity contribution in [3.05, 3.63) is 39.8 Å². The predicted octanol–water partition coefficient (Wildman–Crippen LogP) is 3.42. The number of pyridine rings is 1. The molecule has 0 bridgehead atoms. The van der Waals surface area contributed by atoms with Crippen LogP contribution in [0.15, 0.2) is 22.8 Å². The molecule has 2 aromatic heterocycles. The van der Waals surface area contributed by atoms with Crippen LogP contribution in [-0.2, 0) is 10.2 Å². The molecule has 0 aliphatic carbocycles. The van der Waals surface area contributed by atoms with Crippen LogP contribution >= 0.6 is 15.9 Å². The quantitative estimate of drug-likeness (QED) is 0.777. The lowest BCUT2D eigenvalue weighted by atomic mass is 9.91. The normalized spacial score (nSPS) is 11.5. The number of hydrogen-bond acceptors (Lipinski definition) is 4. The Kier molecular flexibility index (Phi) is 4.18. The summed E-state index contributed by atoms with van der Waals surface area (Å²) in [5, 5.41) is 4.39. The molecule has 0 aromatic carbocycles. The molecule has 5 nitrogen and oxygen atoms in total. The molecule has 0 spiro atoms. The van der Waals surface area contributed by atoms with E-state index < -0.39 is 5.97 Å². The Morgan fingerprint density at radius 1 is 1.38 bits per heavy atom. The molecule has 112 valence electrons. The number of carbonyl (C=O) groups is 1. The molecule has 2 rings (SSSR count). The fourth-order valence-corrected chi connectivity index (χ4v) is 3.08. The van der Waals surface area contributed by atoms with Crippen molar-refractivity contribution in [1.82, 2.24) is 14.8 Å². The molecule has 2 aromatic rings. The van der Waals surface area contributed by atoms with Crippen LogP contribution in [0.4, 0.5) is 0 Å². The highest BCUT2D eigenvalue weighted by molar-refractivity contribution is 9.10. The van der Waals surface area contributed by atoms with Crippen molar-refractivity contribution in [3.63, 3.8) is 0 Å². The van der Waals surface area contributed by atoms with Crippen molar-refractivity contribution in [2.45, 2.75) is 33.1 Å². The van der Waals surface area contributed by atoms with Crippen LogP contribution in [0, 0.1) is 6.92 Å². The first-order valence-corrected chi connectivity index (χ1v) is 7.35. The van der Waals surface area contributed by atoms with Gasteiger partial charge in [0.15, 0.2) is 11.5 Å². The van der Waals surface area contributed by atoms with Gasteiger partial charge in [-0.15, -0.1) is 0 Å². The summed E-state index contributed by atoms with van der Waals surface area (Å²) in [4.78, 5) is 16.2. The predicted molar refractivity (Wildman–Crippen MR) is 83.8 cm³/mol. The van der Waals surface area contributed by atoms with E-state index in [9.17, 15) is 4.79 Å². The summed E-state index contributed by atoms with van der Waals surface area (Å²) in [6.07, 6.45) is 1.73. The number of esters is 1. The van der Waals surface area contributed by atoms with Gasteiger partial charge in [-0.2, -0.15) is 5.10 Å². The lowest BCUT2D eigenvalue weighted by molar-refractivity contribution is 0.0592. The van der Waals surface area contributed by atoms with Crippen molar-refractivity contribution < 1.29 is 9.53 Å². The van der Waals surface area contributed by atoms with Crippen molar-refractivity contribution in [2.75, 3.05) is 7.11 Å². The zero-order valence-corrected chi connectivity index (χ0v) is 14.4. The summed E-state index contributed by atoms with van der Waals surface area (Å²) in [5.41, 5.74) is 1.99. The first-order valence-electron chi connectivity index (χ1n) is 6.56. The minimum Gasteiger partial charge on any atom is -0.464 e. The highest BCUT2D eigenvalue weighted by atomic mass is 79.9. The van der Waals surface area contributed by atoms with Crippen LogP contribution in [0.25, 0.3) is 5.82 Å². The molecule has 0 N–H and O–H groups in total. The zero-order chi connectivity index (χ0) is 15.8. The van der Waals surface area contributed by atoms with Crippen LogP contribution in [0.1, 0.15) is 42.5 Å². The van der Waals surface area contributed by atoms with Gasteiger partial charge in [-0.25, -0.2) is 14.5 Å². The summed E-state index contributed by atoms with van der Waals surface area (Å²) < 4.78 is 7.13. The first-order chi connectivity index (χ1) is 9.75. The molecular formula is C15H18BrN3O2. The minimum atomic E-state index is -0.473. The molecule has 0 radical (unpaired) electrons. The Morgan fingerprint density at radius 2 is 2.05 bits per heavy atom. The van der Waals surface area contributed by atoms with E-state index in [1.807, 2.05) is 19.1 Å². The van der Waals surface area contributed by atoms with Crippen molar-refractivity contribution in [2.24, 2.45) is 0 Å². The van der Waals surface area contributed by atoms with E-state index in [0.29, 0.717) is 10.3 Å². The Labute approximate surface area is 132 Å². The summed E-state index contributed by atoms with van der Waals surface area (Å²) >= 11 is 3.48. The van der Waals surface area contributed by atoms with Crippen LogP contribution in [0.3, 0.4) is 0 Å². The van der Waals surface area contributed by atoms with Crippen LogP contribution in [0.5, 0.6) is 0 Å². The summed E-state index contributed by atoms with van der Waals surface area (Å²) in [6.45, 7) is 8.16. The number of nitrogens with zero attached hydrogens (tertiary/aromatic N) is 3. The monoisotopic (exact) mass is 351 g/mol.